The summed E-state index contributed by atoms with van der Waals surface area (Å²) < 4.78 is 10.2. The molecule has 3 amide bonds. The average Bonchev–Trinajstić information content (AvgIpc) is 3.21. The van der Waals surface area contributed by atoms with Crippen LogP contribution in [-0.4, -0.2) is 84.5 Å². The lowest BCUT2D eigenvalue weighted by atomic mass is 9.96. The lowest BCUT2D eigenvalue weighted by Gasteiger charge is -2.31. The Morgan fingerprint density at radius 2 is 1.69 bits per heavy atom. The molecule has 42 heavy (non-hydrogen) atoms. The minimum Gasteiger partial charge on any atom is -0.497 e. The number of rotatable bonds is 12. The van der Waals surface area contributed by atoms with Gasteiger partial charge in [-0.15, -0.1) is 0 Å². The molecule has 1 atom stereocenters. The van der Waals surface area contributed by atoms with E-state index in [-0.39, 0.29) is 36.7 Å². The van der Waals surface area contributed by atoms with Gasteiger partial charge in [-0.1, -0.05) is 0 Å². The van der Waals surface area contributed by atoms with Gasteiger partial charge in [-0.25, -0.2) is 4.79 Å². The lowest BCUT2D eigenvalue weighted by molar-refractivity contribution is -0.124. The molecule has 2 aliphatic rings. The lowest BCUT2D eigenvalue weighted by Crippen LogP contribution is -2.41. The highest BCUT2D eigenvalue weighted by Crippen LogP contribution is 2.28. The van der Waals surface area contributed by atoms with Gasteiger partial charge in [-0.05, 0) is 107 Å². The quantitative estimate of drug-likeness (QED) is 0.281. The number of primary amides is 1. The molecule has 0 spiro atoms. The topological polar surface area (TPSA) is 135 Å². The third-order valence-electron chi connectivity index (χ3n) is 7.57. The maximum atomic E-state index is 13.7. The van der Waals surface area contributed by atoms with Crippen LogP contribution in [0.4, 0.5) is 11.4 Å². The summed E-state index contributed by atoms with van der Waals surface area (Å²) in [4.78, 5) is 55.9. The Hall–Kier alpha value is -4.03. The number of hydrogen-bond acceptors (Lipinski definition) is 8. The van der Waals surface area contributed by atoms with Crippen molar-refractivity contribution in [3.05, 3.63) is 54.1 Å². The number of carbonyl (C=O) groups excluding carboxylic acids is 4. The van der Waals surface area contributed by atoms with Crippen molar-refractivity contribution in [1.29, 1.82) is 0 Å². The van der Waals surface area contributed by atoms with Gasteiger partial charge in [0.05, 0.1) is 31.4 Å². The molecule has 2 saturated heterocycles. The zero-order chi connectivity index (χ0) is 30.2. The Labute approximate surface area is 250 Å². The molecule has 224 valence electrons. The number of carbonyl (C=O) groups is 4. The zero-order valence-corrected chi connectivity index (χ0v) is 24.7. The molecule has 3 N–H and O–H groups in total. The predicted octanol–water partition coefficient (Wildman–Crippen LogP) is 2.79. The number of likely N-dealkylation sites (tertiary alicyclic amines) is 1. The van der Waals surface area contributed by atoms with Crippen LogP contribution in [-0.2, 0) is 19.1 Å². The second kappa shape index (κ2) is 14.2. The zero-order valence-electron chi connectivity index (χ0n) is 23.9. The van der Waals surface area contributed by atoms with Gasteiger partial charge in [-0.2, -0.15) is 0 Å². The van der Waals surface area contributed by atoms with E-state index in [1.54, 1.807) is 67.5 Å². The summed E-state index contributed by atoms with van der Waals surface area (Å²) >= 11 is 5.78. The molecule has 2 fully saturated rings. The van der Waals surface area contributed by atoms with Crippen LogP contribution in [0.2, 0.25) is 0 Å². The number of nitrogens with one attached hydrogen (secondary N) is 1. The Bertz CT molecular complexity index is 1290. The second-order valence-corrected chi connectivity index (χ2v) is 10.7. The first-order chi connectivity index (χ1) is 20.2. The number of benzene rings is 2. The molecule has 2 heterocycles. The Morgan fingerprint density at radius 1 is 1.02 bits per heavy atom. The van der Waals surface area contributed by atoms with Crippen molar-refractivity contribution in [2.75, 3.05) is 50.1 Å². The van der Waals surface area contributed by atoms with E-state index in [9.17, 15) is 19.2 Å². The number of piperidine rings is 1. The molecule has 2 aliphatic heterocycles. The van der Waals surface area contributed by atoms with Gasteiger partial charge in [0.15, 0.2) is 5.11 Å². The third-order valence-corrected chi connectivity index (χ3v) is 7.99. The molecule has 0 unspecified atom stereocenters. The smallest absolute Gasteiger partial charge is 0.338 e. The number of thiocarbonyl (C=S) groups is 1. The van der Waals surface area contributed by atoms with Crippen molar-refractivity contribution >= 4 is 52.4 Å². The van der Waals surface area contributed by atoms with Crippen LogP contribution in [0.5, 0.6) is 5.75 Å². The van der Waals surface area contributed by atoms with Crippen LogP contribution in [0.1, 0.15) is 43.0 Å². The fraction of sp³-hybridized carbons (Fsp3) is 0.433. The predicted molar refractivity (Wildman–Crippen MR) is 162 cm³/mol. The van der Waals surface area contributed by atoms with E-state index >= 15 is 0 Å². The molecule has 0 aromatic heterocycles. The van der Waals surface area contributed by atoms with E-state index in [1.807, 2.05) is 0 Å². The largest absolute Gasteiger partial charge is 0.497 e. The normalized spacial score (nSPS) is 17.8. The molecule has 11 nitrogen and oxygen atoms in total. The molecule has 0 aliphatic carbocycles. The molecule has 0 saturated carbocycles. The fourth-order valence-corrected chi connectivity index (χ4v) is 5.67. The van der Waals surface area contributed by atoms with E-state index in [4.69, 9.17) is 27.4 Å². The first-order valence-corrected chi connectivity index (χ1v) is 14.5. The van der Waals surface area contributed by atoms with Crippen molar-refractivity contribution in [1.82, 2.24) is 9.80 Å². The molecular formula is C30H37N5O6S. The number of anilines is 2. The van der Waals surface area contributed by atoms with Gasteiger partial charge in [0.1, 0.15) is 11.8 Å². The Balaban J connectivity index is 1.46. The summed E-state index contributed by atoms with van der Waals surface area (Å²) in [7, 11) is 1.57. The van der Waals surface area contributed by atoms with Crippen molar-refractivity contribution in [3.8, 4) is 5.75 Å². The van der Waals surface area contributed by atoms with Crippen LogP contribution in [0.25, 0.3) is 0 Å². The Morgan fingerprint density at radius 3 is 2.29 bits per heavy atom. The van der Waals surface area contributed by atoms with Gasteiger partial charge >= 0.3 is 5.97 Å². The average molecular weight is 596 g/mol. The van der Waals surface area contributed by atoms with Crippen molar-refractivity contribution in [2.24, 2.45) is 11.7 Å². The van der Waals surface area contributed by atoms with Gasteiger partial charge in [-0.3, -0.25) is 19.3 Å². The van der Waals surface area contributed by atoms with Gasteiger partial charge in [0.25, 0.3) is 5.91 Å². The number of nitrogens with zero attached hydrogens (tertiary/aromatic N) is 3. The highest BCUT2D eigenvalue weighted by Gasteiger charge is 2.44. The first kappa shape index (κ1) is 30.9. The van der Waals surface area contributed by atoms with Crippen molar-refractivity contribution in [3.63, 3.8) is 0 Å². The van der Waals surface area contributed by atoms with Crippen LogP contribution in [0, 0.1) is 5.92 Å². The van der Waals surface area contributed by atoms with Crippen LogP contribution < -0.4 is 20.7 Å². The summed E-state index contributed by atoms with van der Waals surface area (Å²) in [5, 5.41) is 3.16. The number of hydrogen-bond donors (Lipinski definition) is 2. The molecule has 4 rings (SSSR count). The maximum Gasteiger partial charge on any atom is 0.338 e. The number of methoxy groups -OCH3 is 1. The highest BCUT2D eigenvalue weighted by molar-refractivity contribution is 7.80. The van der Waals surface area contributed by atoms with E-state index in [0.717, 1.165) is 32.5 Å². The SMILES string of the molecule is CCOC(=O)c1ccc(N2C(=O)[C@H](CC(=O)Nc3ccc(OC)cc3)N(CCCN3CCC(C(N)=O)CC3)C2=S)cc1. The molecule has 12 heteroatoms. The van der Waals surface area contributed by atoms with E-state index in [2.05, 4.69) is 10.2 Å². The number of nitrogens with two attached hydrogens (primary N) is 1. The van der Waals surface area contributed by atoms with E-state index in [1.165, 1.54) is 4.90 Å². The molecule has 2 aromatic carbocycles. The van der Waals surface area contributed by atoms with Crippen LogP contribution in [0.15, 0.2) is 48.5 Å². The monoisotopic (exact) mass is 595 g/mol. The maximum absolute atomic E-state index is 13.7. The first-order valence-electron chi connectivity index (χ1n) is 14.1. The number of esters is 1. The molecular weight excluding hydrogens is 558 g/mol. The number of amides is 3. The molecule has 0 radical (unpaired) electrons. The van der Waals surface area contributed by atoms with Crippen molar-refractivity contribution < 1.29 is 28.7 Å². The summed E-state index contributed by atoms with van der Waals surface area (Å²) in [6, 6.07) is 12.6. The van der Waals surface area contributed by atoms with Gasteiger partial charge in [0.2, 0.25) is 11.8 Å². The summed E-state index contributed by atoms with van der Waals surface area (Å²) in [6.07, 6.45) is 2.09. The van der Waals surface area contributed by atoms with Gasteiger partial charge < -0.3 is 30.3 Å². The van der Waals surface area contributed by atoms with Crippen LogP contribution >= 0.6 is 12.2 Å². The van der Waals surface area contributed by atoms with Gasteiger partial charge in [0, 0.05) is 18.2 Å². The minimum atomic E-state index is -0.791. The van der Waals surface area contributed by atoms with E-state index in [0.29, 0.717) is 40.8 Å². The summed E-state index contributed by atoms with van der Waals surface area (Å²) in [5.41, 5.74) is 6.93. The Kier molecular flexibility index (Phi) is 10.5. The second-order valence-electron chi connectivity index (χ2n) is 10.3. The summed E-state index contributed by atoms with van der Waals surface area (Å²) in [6.45, 7) is 4.78. The highest BCUT2D eigenvalue weighted by atomic mass is 32.1. The molecule has 2 aromatic rings. The summed E-state index contributed by atoms with van der Waals surface area (Å²) in [5.74, 6) is -0.743. The van der Waals surface area contributed by atoms with Crippen LogP contribution in [0.3, 0.4) is 0 Å². The fourth-order valence-electron chi connectivity index (χ4n) is 5.25. The van der Waals surface area contributed by atoms with Crippen molar-refractivity contribution in [2.45, 2.75) is 38.6 Å². The minimum absolute atomic E-state index is 0.0811. The van der Waals surface area contributed by atoms with E-state index < -0.39 is 12.0 Å². The number of ether oxygens (including phenoxy) is 2. The standard InChI is InChI=1S/C30H37N5O6S/c1-3-41-29(39)21-5-9-23(10-6-21)35-28(38)25(19-26(36)32-22-7-11-24(40-2)12-8-22)34(30(35)42)16-4-15-33-17-13-20(14-18-33)27(31)37/h5-12,20,25H,3-4,13-19H2,1-2H3,(H2,31,37)(H,32,36)/t25-/m0/s1. The molecule has 0 bridgehead atoms. The third kappa shape index (κ3) is 7.42.